The van der Waals surface area contributed by atoms with Crippen molar-refractivity contribution in [2.75, 3.05) is 43.6 Å². The van der Waals surface area contributed by atoms with E-state index in [0.29, 0.717) is 38.9 Å². The number of nitrogen functional groups attached to an aromatic ring is 2. The van der Waals surface area contributed by atoms with Crippen LogP contribution >= 0.6 is 0 Å². The highest BCUT2D eigenvalue weighted by Gasteiger charge is 2.35. The van der Waals surface area contributed by atoms with E-state index < -0.39 is 0 Å². The number of nitrogens with zero attached hydrogens (tertiary/aromatic N) is 4. The van der Waals surface area contributed by atoms with Crippen molar-refractivity contribution in [3.8, 4) is 6.07 Å². The normalized spacial score (nSPS) is 17.2. The van der Waals surface area contributed by atoms with Crippen LogP contribution in [0.15, 0.2) is 89.8 Å². The second kappa shape index (κ2) is 9.84. The van der Waals surface area contributed by atoms with E-state index in [4.69, 9.17) is 18.0 Å². The lowest BCUT2D eigenvalue weighted by atomic mass is 9.73. The molecule has 1 aliphatic carbocycles. The van der Waals surface area contributed by atoms with Crippen molar-refractivity contribution < 1.29 is 5.11 Å². The number of nitrogens with two attached hydrogens (primary N) is 2. The molecule has 0 bridgehead atoms. The van der Waals surface area contributed by atoms with Gasteiger partial charge in [-0.25, -0.2) is 14.7 Å². The minimum atomic E-state index is -0.217. The molecule has 7 heteroatoms. The molecule has 6 aromatic carbocycles. The second-order valence-corrected chi connectivity index (χ2v) is 13.1. The lowest BCUT2D eigenvalue weighted by Crippen LogP contribution is -2.42. The third kappa shape index (κ3) is 3.43. The van der Waals surface area contributed by atoms with Crippen LogP contribution in [0.2, 0.25) is 0 Å². The molecule has 3 aliphatic rings. The van der Waals surface area contributed by atoms with E-state index >= 15 is 5.11 Å². The molecule has 0 spiro atoms. The Morgan fingerprint density at radius 1 is 0.792 bits per heavy atom. The van der Waals surface area contributed by atoms with E-state index in [9.17, 15) is 5.26 Å². The number of hydrogen-bond donors (Lipinski definition) is 2. The number of benzene rings is 6. The largest absolute Gasteiger partial charge is 0.872 e. The van der Waals surface area contributed by atoms with Gasteiger partial charge in [-0.05, 0) is 56.0 Å². The number of nitriles is 1. The molecule has 2 aliphatic heterocycles. The van der Waals surface area contributed by atoms with Crippen molar-refractivity contribution >= 4 is 71.3 Å². The Labute approximate surface area is 276 Å². The summed E-state index contributed by atoms with van der Waals surface area (Å²) in [5.41, 5.74) is 19.7. The monoisotopic (exact) mass is 622 g/mol. The van der Waals surface area contributed by atoms with Crippen LogP contribution in [0.1, 0.15) is 16.7 Å². The van der Waals surface area contributed by atoms with E-state index in [1.54, 1.807) is 0 Å². The standard InChI is InChI=1S/C41H30N6O/c1-45-29(20-42)36-37(33-23-9-4-5-10-24(23)39(46(2)3)26-12-7-13-27(43)32(26)33)41(48)38(36)34-25-11-6-8-21-16-18-47-19-17-22-14-15-28(44)35(34)31(22)40(47)30(21)25/h4-15H,16-19,43-44H2,2-3H3/b36-29-. The maximum Gasteiger partial charge on any atom is 0.270 e. The number of rotatable bonds is 2. The van der Waals surface area contributed by atoms with Gasteiger partial charge in [0.05, 0.1) is 29.1 Å². The summed E-state index contributed by atoms with van der Waals surface area (Å²) in [4.78, 5) is 5.78. The number of allylic oxidation sites excluding steroid dienone is 3. The third-order valence-electron chi connectivity index (χ3n) is 10.5. The Balaban J connectivity index is 1.57. The van der Waals surface area contributed by atoms with Crippen molar-refractivity contribution in [3.05, 3.63) is 129 Å². The summed E-state index contributed by atoms with van der Waals surface area (Å²) in [5, 5.41) is 34.8. The average molecular weight is 623 g/mol. The van der Waals surface area contributed by atoms with Gasteiger partial charge in [-0.2, -0.15) is 0 Å². The molecule has 0 saturated heterocycles. The summed E-state index contributed by atoms with van der Waals surface area (Å²) in [6.07, 6.45) is 1.78. The predicted octanol–water partition coefficient (Wildman–Crippen LogP) is 4.77. The van der Waals surface area contributed by atoms with Gasteiger partial charge in [-0.15, -0.1) is 0 Å². The smallest absolute Gasteiger partial charge is 0.270 e. The van der Waals surface area contributed by atoms with E-state index in [2.05, 4.69) is 38.6 Å². The van der Waals surface area contributed by atoms with E-state index in [-0.39, 0.29) is 11.5 Å². The maximum absolute atomic E-state index is 15.1. The van der Waals surface area contributed by atoms with Crippen molar-refractivity contribution in [1.29, 1.82) is 5.26 Å². The third-order valence-corrected chi connectivity index (χ3v) is 10.5. The molecular weight excluding hydrogens is 592 g/mol. The first-order chi connectivity index (χ1) is 23.3. The first-order valence-electron chi connectivity index (χ1n) is 16.1. The van der Waals surface area contributed by atoms with Crippen molar-refractivity contribution in [2.24, 2.45) is 0 Å². The molecule has 0 atom stereocenters. The molecule has 48 heavy (non-hydrogen) atoms. The van der Waals surface area contributed by atoms with Crippen LogP contribution in [0.3, 0.4) is 0 Å². The summed E-state index contributed by atoms with van der Waals surface area (Å²) in [7, 11) is 3.99. The van der Waals surface area contributed by atoms with Gasteiger partial charge in [0.15, 0.2) is 0 Å². The SMILES string of the molecule is [C-]#[N+]/C(C#N)=C1C(c2c3ccccc3c(N(C)C)c3cccc(N)c23)=C([O-])C/1=c1\c2cccc3c2c2c4c(ccc(N)c14)CC[N+]=2CC3. The van der Waals surface area contributed by atoms with Gasteiger partial charge in [-0.3, -0.25) is 0 Å². The number of hydrogen-bond acceptors (Lipinski definition) is 5. The second-order valence-electron chi connectivity index (χ2n) is 13.1. The van der Waals surface area contributed by atoms with Crippen LogP contribution in [0, 0.1) is 17.9 Å². The molecule has 0 saturated carbocycles. The van der Waals surface area contributed by atoms with Gasteiger partial charge >= 0.3 is 0 Å². The fourth-order valence-electron chi connectivity index (χ4n) is 8.63. The molecule has 0 radical (unpaired) electrons. The molecule has 6 aromatic rings. The zero-order chi connectivity index (χ0) is 33.0. The molecule has 0 amide bonds. The fraction of sp³-hybridized carbons (Fsp3) is 0.146. The lowest BCUT2D eigenvalue weighted by Gasteiger charge is -2.38. The van der Waals surface area contributed by atoms with Crippen LogP contribution in [-0.2, 0) is 12.8 Å². The highest BCUT2D eigenvalue weighted by atomic mass is 16.3. The summed E-state index contributed by atoms with van der Waals surface area (Å²) in [6, 6.07) is 26.2. The van der Waals surface area contributed by atoms with E-state index in [0.717, 1.165) is 74.7 Å². The molecular formula is C41H30N6O. The summed E-state index contributed by atoms with van der Waals surface area (Å²) >= 11 is 0. The van der Waals surface area contributed by atoms with Crippen molar-refractivity contribution in [3.63, 3.8) is 0 Å². The molecule has 7 nitrogen and oxygen atoms in total. The molecule has 0 unspecified atom stereocenters. The van der Waals surface area contributed by atoms with Gasteiger partial charge in [0.1, 0.15) is 13.1 Å². The van der Waals surface area contributed by atoms with Gasteiger partial charge in [-0.1, -0.05) is 66.4 Å². The first-order valence-corrected chi connectivity index (χ1v) is 16.1. The summed E-state index contributed by atoms with van der Waals surface area (Å²) in [6.45, 7) is 10.00. The molecule has 2 heterocycles. The average Bonchev–Trinajstić information content (AvgIpc) is 3.10. The molecule has 0 fully saturated rings. The Morgan fingerprint density at radius 2 is 1.46 bits per heavy atom. The number of anilines is 3. The van der Waals surface area contributed by atoms with Crippen LogP contribution < -0.4 is 36.6 Å². The summed E-state index contributed by atoms with van der Waals surface area (Å²) < 4.78 is 2.45. The Morgan fingerprint density at radius 3 is 2.19 bits per heavy atom. The van der Waals surface area contributed by atoms with Crippen molar-refractivity contribution in [2.45, 2.75) is 12.8 Å². The highest BCUT2D eigenvalue weighted by Crippen LogP contribution is 2.53. The maximum atomic E-state index is 15.1. The Hall–Kier alpha value is -6.31. The Kier molecular flexibility index (Phi) is 5.73. The minimum Gasteiger partial charge on any atom is -0.872 e. The van der Waals surface area contributed by atoms with Crippen LogP contribution in [-0.4, -0.2) is 27.2 Å². The van der Waals surface area contributed by atoms with Crippen molar-refractivity contribution in [1.82, 2.24) is 4.58 Å². The molecule has 0 aromatic heterocycles. The quantitative estimate of drug-likeness (QED) is 0.0952. The summed E-state index contributed by atoms with van der Waals surface area (Å²) in [5.74, 6) is -0.217. The fourth-order valence-corrected chi connectivity index (χ4v) is 8.63. The van der Waals surface area contributed by atoms with E-state index in [1.165, 1.54) is 16.5 Å². The highest BCUT2D eigenvalue weighted by molar-refractivity contribution is 6.28. The molecule has 9 rings (SSSR count). The molecule has 4 N–H and O–H groups in total. The van der Waals surface area contributed by atoms with Crippen LogP contribution in [0.25, 0.3) is 59.1 Å². The van der Waals surface area contributed by atoms with Gasteiger partial charge in [0, 0.05) is 65.4 Å². The number of fused-ring (bicyclic) bond motifs is 2. The first kappa shape index (κ1) is 28.0. The van der Waals surface area contributed by atoms with Gasteiger partial charge in [0.2, 0.25) is 5.36 Å². The van der Waals surface area contributed by atoms with Gasteiger partial charge in [0.25, 0.3) is 5.70 Å². The van der Waals surface area contributed by atoms with Crippen LogP contribution in [0.5, 0.6) is 0 Å². The zero-order valence-electron chi connectivity index (χ0n) is 26.6. The lowest BCUT2D eigenvalue weighted by molar-refractivity contribution is -0.292. The van der Waals surface area contributed by atoms with Crippen LogP contribution in [0.4, 0.5) is 17.1 Å². The zero-order valence-corrected chi connectivity index (χ0v) is 26.6. The minimum absolute atomic E-state index is 0.125. The Bertz CT molecular complexity index is 2790. The predicted molar refractivity (Wildman–Crippen MR) is 193 cm³/mol. The molecule has 230 valence electrons. The van der Waals surface area contributed by atoms with E-state index in [1.807, 2.05) is 68.7 Å². The topological polar surface area (TPSA) is 110 Å². The van der Waals surface area contributed by atoms with Gasteiger partial charge < -0.3 is 21.5 Å².